The van der Waals surface area contributed by atoms with Crippen LogP contribution in [0.4, 0.5) is 0 Å². The SMILES string of the molecule is C#CCO[C@H](c1ccc(C)o1)[C@@H](OCC#C)c1ccc(C)o1. The summed E-state index contributed by atoms with van der Waals surface area (Å²) in [4.78, 5) is 0. The fourth-order valence-electron chi connectivity index (χ4n) is 2.13. The molecule has 114 valence electrons. The van der Waals surface area contributed by atoms with Crippen LogP contribution in [0.2, 0.25) is 0 Å². The lowest BCUT2D eigenvalue weighted by atomic mass is 10.1. The molecule has 0 aliphatic heterocycles. The van der Waals surface area contributed by atoms with E-state index in [0.29, 0.717) is 11.5 Å². The fraction of sp³-hybridized carbons (Fsp3) is 0.333. The van der Waals surface area contributed by atoms with E-state index >= 15 is 0 Å². The van der Waals surface area contributed by atoms with Gasteiger partial charge in [-0.3, -0.25) is 0 Å². The minimum absolute atomic E-state index is 0.125. The van der Waals surface area contributed by atoms with Gasteiger partial charge < -0.3 is 18.3 Å². The normalized spacial score (nSPS) is 13.3. The molecule has 2 aromatic rings. The molecule has 0 N–H and O–H groups in total. The molecule has 0 unspecified atom stereocenters. The van der Waals surface area contributed by atoms with Crippen LogP contribution in [0.3, 0.4) is 0 Å². The van der Waals surface area contributed by atoms with Crippen LogP contribution in [0.25, 0.3) is 0 Å². The van der Waals surface area contributed by atoms with Gasteiger partial charge in [0.15, 0.2) is 0 Å². The molecule has 0 fully saturated rings. The molecule has 0 saturated heterocycles. The highest BCUT2D eigenvalue weighted by atomic mass is 16.6. The number of ether oxygens (including phenoxy) is 2. The molecule has 0 aromatic carbocycles. The van der Waals surface area contributed by atoms with Gasteiger partial charge in [-0.2, -0.15) is 0 Å². The highest BCUT2D eigenvalue weighted by Crippen LogP contribution is 2.36. The fourth-order valence-corrected chi connectivity index (χ4v) is 2.13. The van der Waals surface area contributed by atoms with E-state index in [1.165, 1.54) is 0 Å². The molecule has 0 amide bonds. The molecule has 4 heteroatoms. The summed E-state index contributed by atoms with van der Waals surface area (Å²) in [6.07, 6.45) is 9.53. The lowest BCUT2D eigenvalue weighted by Gasteiger charge is -2.23. The van der Waals surface area contributed by atoms with Crippen LogP contribution >= 0.6 is 0 Å². The number of furan rings is 2. The van der Waals surface area contributed by atoms with Crippen molar-refractivity contribution in [2.24, 2.45) is 0 Å². The third-order valence-corrected chi connectivity index (χ3v) is 3.05. The number of terminal acetylenes is 2. The van der Waals surface area contributed by atoms with Crippen molar-refractivity contribution in [3.05, 3.63) is 47.3 Å². The number of hydrogen-bond donors (Lipinski definition) is 0. The van der Waals surface area contributed by atoms with Gasteiger partial charge in [-0.05, 0) is 38.1 Å². The second-order valence-corrected chi connectivity index (χ2v) is 4.77. The summed E-state index contributed by atoms with van der Waals surface area (Å²) >= 11 is 0. The zero-order valence-corrected chi connectivity index (χ0v) is 12.7. The lowest BCUT2D eigenvalue weighted by molar-refractivity contribution is -0.0780. The van der Waals surface area contributed by atoms with E-state index in [4.69, 9.17) is 31.2 Å². The minimum atomic E-state index is -0.538. The Kier molecular flexibility index (Phi) is 5.49. The second-order valence-electron chi connectivity index (χ2n) is 4.77. The van der Waals surface area contributed by atoms with Gasteiger partial charge in [0.1, 0.15) is 48.5 Å². The molecule has 4 nitrogen and oxygen atoms in total. The molecule has 0 aliphatic rings. The molecule has 2 rings (SSSR count). The van der Waals surface area contributed by atoms with Crippen molar-refractivity contribution in [3.63, 3.8) is 0 Å². The summed E-state index contributed by atoms with van der Waals surface area (Å²) in [7, 11) is 0. The second kappa shape index (κ2) is 7.56. The van der Waals surface area contributed by atoms with E-state index < -0.39 is 12.2 Å². The van der Waals surface area contributed by atoms with Gasteiger partial charge >= 0.3 is 0 Å². The molecule has 2 aromatic heterocycles. The maximum Gasteiger partial charge on any atom is 0.150 e. The van der Waals surface area contributed by atoms with Gasteiger partial charge in [0.2, 0.25) is 0 Å². The third-order valence-electron chi connectivity index (χ3n) is 3.05. The average molecular weight is 298 g/mol. The van der Waals surface area contributed by atoms with Crippen molar-refractivity contribution in [2.45, 2.75) is 26.1 Å². The smallest absolute Gasteiger partial charge is 0.150 e. The zero-order chi connectivity index (χ0) is 15.9. The molecular formula is C18H18O4. The predicted octanol–water partition coefficient (Wildman–Crippen LogP) is 3.57. The molecule has 0 spiro atoms. The molecule has 2 heterocycles. The van der Waals surface area contributed by atoms with E-state index in [0.717, 1.165) is 11.5 Å². The van der Waals surface area contributed by atoms with Crippen molar-refractivity contribution in [1.29, 1.82) is 0 Å². The van der Waals surface area contributed by atoms with Crippen molar-refractivity contribution in [2.75, 3.05) is 13.2 Å². The monoisotopic (exact) mass is 298 g/mol. The Labute approximate surface area is 130 Å². The van der Waals surface area contributed by atoms with Gasteiger partial charge in [-0.1, -0.05) is 11.8 Å². The van der Waals surface area contributed by atoms with Crippen LogP contribution in [0.15, 0.2) is 33.1 Å². The van der Waals surface area contributed by atoms with Crippen LogP contribution < -0.4 is 0 Å². The Hall–Kier alpha value is -2.40. The molecule has 0 bridgehead atoms. The Bertz CT molecular complexity index is 620. The highest BCUT2D eigenvalue weighted by molar-refractivity contribution is 5.16. The Morgan fingerprint density at radius 2 is 1.27 bits per heavy atom. The van der Waals surface area contributed by atoms with Gasteiger partial charge in [0.25, 0.3) is 0 Å². The molecule has 0 radical (unpaired) electrons. The van der Waals surface area contributed by atoms with Crippen LogP contribution in [-0.4, -0.2) is 13.2 Å². The number of rotatable bonds is 7. The molecule has 2 atom stereocenters. The summed E-state index contributed by atoms with van der Waals surface area (Å²) < 4.78 is 22.8. The Morgan fingerprint density at radius 1 is 0.864 bits per heavy atom. The van der Waals surface area contributed by atoms with E-state index in [-0.39, 0.29) is 13.2 Å². The van der Waals surface area contributed by atoms with Crippen molar-refractivity contribution < 1.29 is 18.3 Å². The maximum atomic E-state index is 5.73. The summed E-state index contributed by atoms with van der Waals surface area (Å²) in [5.74, 6) is 7.68. The standard InChI is InChI=1S/C18H18O4/c1-5-11-19-17(15-9-7-13(3)21-15)18(20-12-6-2)16-10-8-14(4)22-16/h1-2,7-10,17-18H,11-12H2,3-4H3/t17-,18+. The van der Waals surface area contributed by atoms with Gasteiger partial charge in [0.05, 0.1) is 0 Å². The highest BCUT2D eigenvalue weighted by Gasteiger charge is 2.31. The van der Waals surface area contributed by atoms with Gasteiger partial charge in [0, 0.05) is 0 Å². The van der Waals surface area contributed by atoms with Crippen molar-refractivity contribution in [1.82, 2.24) is 0 Å². The quantitative estimate of drug-likeness (QED) is 0.733. The van der Waals surface area contributed by atoms with Gasteiger partial charge in [-0.15, -0.1) is 12.8 Å². The topological polar surface area (TPSA) is 44.7 Å². The first-order valence-electron chi connectivity index (χ1n) is 6.88. The third kappa shape index (κ3) is 3.83. The Morgan fingerprint density at radius 3 is 1.55 bits per heavy atom. The number of hydrogen-bond acceptors (Lipinski definition) is 4. The summed E-state index contributed by atoms with van der Waals surface area (Å²) in [6, 6.07) is 7.37. The van der Waals surface area contributed by atoms with Crippen LogP contribution in [-0.2, 0) is 9.47 Å². The minimum Gasteiger partial charge on any atom is -0.463 e. The Balaban J connectivity index is 2.34. The average Bonchev–Trinajstić information content (AvgIpc) is 3.11. The predicted molar refractivity (Wildman–Crippen MR) is 81.9 cm³/mol. The summed E-state index contributed by atoms with van der Waals surface area (Å²) in [5.41, 5.74) is 0. The molecule has 0 aliphatic carbocycles. The largest absolute Gasteiger partial charge is 0.463 e. The first-order chi connectivity index (χ1) is 10.7. The van der Waals surface area contributed by atoms with E-state index in [1.54, 1.807) is 0 Å². The maximum absolute atomic E-state index is 5.73. The number of aryl methyl sites for hydroxylation is 2. The van der Waals surface area contributed by atoms with Crippen LogP contribution in [0.5, 0.6) is 0 Å². The van der Waals surface area contributed by atoms with Crippen molar-refractivity contribution >= 4 is 0 Å². The molecular weight excluding hydrogens is 280 g/mol. The summed E-state index contributed by atoms with van der Waals surface area (Å²) in [5, 5.41) is 0. The van der Waals surface area contributed by atoms with E-state index in [1.807, 2.05) is 38.1 Å². The van der Waals surface area contributed by atoms with Crippen LogP contribution in [0.1, 0.15) is 35.2 Å². The molecule has 0 saturated carbocycles. The van der Waals surface area contributed by atoms with E-state index in [2.05, 4.69) is 11.8 Å². The first-order valence-corrected chi connectivity index (χ1v) is 6.88. The zero-order valence-electron chi connectivity index (χ0n) is 12.7. The van der Waals surface area contributed by atoms with Crippen LogP contribution in [0, 0.1) is 38.5 Å². The molecule has 22 heavy (non-hydrogen) atoms. The summed E-state index contributed by atoms with van der Waals surface area (Å²) in [6.45, 7) is 3.96. The first kappa shape index (κ1) is 16.0. The van der Waals surface area contributed by atoms with Crippen molar-refractivity contribution in [3.8, 4) is 24.7 Å². The lowest BCUT2D eigenvalue weighted by Crippen LogP contribution is -2.17. The van der Waals surface area contributed by atoms with Gasteiger partial charge in [-0.25, -0.2) is 0 Å². The van der Waals surface area contributed by atoms with E-state index in [9.17, 15) is 0 Å².